The molecule has 4 rings (SSSR count). The molecular weight excluding hydrogens is 468 g/mol. The average molecular weight is 495 g/mol. The van der Waals surface area contributed by atoms with E-state index < -0.39 is 30.4 Å². The zero-order valence-corrected chi connectivity index (χ0v) is 18.7. The maximum absolute atomic E-state index is 11.2. The molecule has 2 heterocycles. The van der Waals surface area contributed by atoms with Crippen molar-refractivity contribution in [3.63, 3.8) is 0 Å². The number of hydrogen-bond donors (Lipinski definition) is 8. The number of aliphatic imine (C=N–C) groups is 1. The molecule has 0 amide bonds. The molecule has 0 bridgehead atoms. The zero-order chi connectivity index (χ0) is 24.7. The largest absolute Gasteiger partial charge is 0.394 e. The molecular formula is C21H26N4O8S. The number of benzene rings is 2. The van der Waals surface area contributed by atoms with Crippen LogP contribution in [0.1, 0.15) is 5.56 Å². The van der Waals surface area contributed by atoms with Crippen LogP contribution in [0.2, 0.25) is 0 Å². The number of nitrogens with two attached hydrogens (primary N) is 1. The predicted molar refractivity (Wildman–Crippen MR) is 119 cm³/mol. The summed E-state index contributed by atoms with van der Waals surface area (Å²) in [5, 5.41) is 74.3. The first-order chi connectivity index (χ1) is 16.0. The molecule has 12 nitrogen and oxygen atoms in total. The summed E-state index contributed by atoms with van der Waals surface area (Å²) in [6.45, 7) is -1.33. The first-order valence-corrected chi connectivity index (χ1v) is 11.1. The molecule has 34 heavy (non-hydrogen) atoms. The van der Waals surface area contributed by atoms with Gasteiger partial charge in [0.25, 0.3) is 17.7 Å². The van der Waals surface area contributed by atoms with E-state index in [2.05, 4.69) is 4.99 Å². The lowest BCUT2D eigenvalue weighted by atomic mass is 10.0. The molecule has 13 heteroatoms. The summed E-state index contributed by atoms with van der Waals surface area (Å²) < 4.78 is 5.04. The highest BCUT2D eigenvalue weighted by molar-refractivity contribution is 7.99. The van der Waals surface area contributed by atoms with Gasteiger partial charge in [-0.15, -0.1) is 0 Å². The highest BCUT2D eigenvalue weighted by Gasteiger charge is 2.70. The standard InChI is InChI=1S/C21H26N4O8S/c22-20(30)21(31,32)24(9-11-33-12-10-26)19(28,29)18(27)25(20)17-13-5-1-3-7-15(13)34-16-8-4-2-6-14(16)23-17/h1-8,18,26-32H,9-12,22H2. The Kier molecular flexibility index (Phi) is 6.71. The molecule has 2 atom stereocenters. The topological polar surface area (TPSA) is 196 Å². The second-order valence-electron chi connectivity index (χ2n) is 7.78. The molecule has 2 aliphatic heterocycles. The second kappa shape index (κ2) is 9.14. The Hall–Kier alpha value is -2.14. The van der Waals surface area contributed by atoms with Gasteiger partial charge in [0.15, 0.2) is 0 Å². The molecule has 0 aromatic heterocycles. The van der Waals surface area contributed by atoms with Gasteiger partial charge in [0, 0.05) is 21.9 Å². The fourth-order valence-electron chi connectivity index (χ4n) is 3.86. The van der Waals surface area contributed by atoms with Gasteiger partial charge in [-0.3, -0.25) is 10.6 Å². The Morgan fingerprint density at radius 2 is 1.62 bits per heavy atom. The highest BCUT2D eigenvalue weighted by atomic mass is 32.2. The minimum absolute atomic E-state index is 0.103. The lowest BCUT2D eigenvalue weighted by Gasteiger charge is -2.59. The number of aliphatic hydroxyl groups is 7. The first-order valence-electron chi connectivity index (χ1n) is 10.3. The quantitative estimate of drug-likeness (QED) is 0.169. The van der Waals surface area contributed by atoms with Crippen LogP contribution < -0.4 is 5.73 Å². The van der Waals surface area contributed by atoms with Crippen LogP contribution in [-0.4, -0.2) is 102 Å². The fourth-order valence-corrected chi connectivity index (χ4v) is 4.88. The van der Waals surface area contributed by atoms with Crippen LogP contribution in [0.5, 0.6) is 0 Å². The lowest BCUT2D eigenvalue weighted by molar-refractivity contribution is -0.507. The van der Waals surface area contributed by atoms with Gasteiger partial charge in [-0.1, -0.05) is 42.1 Å². The SMILES string of the molecule is NC1(O)N(C2=Nc3ccccc3Sc3ccccc32)C(O)C(O)(O)N(CCOCCO)C1(O)O. The van der Waals surface area contributed by atoms with Gasteiger partial charge >= 0.3 is 0 Å². The van der Waals surface area contributed by atoms with Gasteiger partial charge in [0.05, 0.1) is 25.5 Å². The van der Waals surface area contributed by atoms with E-state index in [9.17, 15) is 30.6 Å². The number of ether oxygens (including phenoxy) is 1. The van der Waals surface area contributed by atoms with Crippen molar-refractivity contribution in [2.75, 3.05) is 26.4 Å². The number of nitrogens with zero attached hydrogens (tertiary/aromatic N) is 3. The maximum atomic E-state index is 11.2. The van der Waals surface area contributed by atoms with E-state index in [1.807, 2.05) is 6.07 Å². The number of piperazine rings is 1. The molecule has 2 aromatic carbocycles. The van der Waals surface area contributed by atoms with Crippen LogP contribution in [0, 0.1) is 0 Å². The summed E-state index contributed by atoms with van der Waals surface area (Å²) in [7, 11) is 0. The molecule has 0 radical (unpaired) electrons. The van der Waals surface area contributed by atoms with Gasteiger partial charge < -0.3 is 40.5 Å². The molecule has 2 unspecified atom stereocenters. The van der Waals surface area contributed by atoms with Crippen LogP contribution in [0.15, 0.2) is 63.3 Å². The molecule has 1 saturated heterocycles. The van der Waals surface area contributed by atoms with E-state index in [-0.39, 0.29) is 30.6 Å². The third-order valence-electron chi connectivity index (χ3n) is 5.59. The molecule has 0 aliphatic carbocycles. The molecule has 184 valence electrons. The van der Waals surface area contributed by atoms with Crippen molar-refractivity contribution < 1.29 is 40.5 Å². The van der Waals surface area contributed by atoms with Crippen molar-refractivity contribution in [3.8, 4) is 0 Å². The summed E-state index contributed by atoms with van der Waals surface area (Å²) in [6.07, 6.45) is -2.39. The van der Waals surface area contributed by atoms with E-state index in [4.69, 9.17) is 15.6 Å². The number of rotatable bonds is 5. The molecule has 1 fully saturated rings. The van der Waals surface area contributed by atoms with Crippen LogP contribution in [0.25, 0.3) is 0 Å². The summed E-state index contributed by atoms with van der Waals surface area (Å²) in [5.74, 6) is -10.2. The number of fused-ring (bicyclic) bond motifs is 2. The Balaban J connectivity index is 1.84. The molecule has 0 spiro atoms. The minimum atomic E-state index is -3.51. The number of amidine groups is 1. The van der Waals surface area contributed by atoms with Gasteiger partial charge in [0.2, 0.25) is 6.23 Å². The normalized spacial score (nSPS) is 25.8. The van der Waals surface area contributed by atoms with Crippen LogP contribution in [0.4, 0.5) is 5.69 Å². The van der Waals surface area contributed by atoms with Crippen molar-refractivity contribution in [1.82, 2.24) is 9.80 Å². The zero-order valence-electron chi connectivity index (χ0n) is 17.9. The van der Waals surface area contributed by atoms with E-state index in [0.29, 0.717) is 21.0 Å². The third kappa shape index (κ3) is 4.00. The van der Waals surface area contributed by atoms with Crippen molar-refractivity contribution in [1.29, 1.82) is 0 Å². The third-order valence-corrected chi connectivity index (χ3v) is 6.73. The Morgan fingerprint density at radius 1 is 0.971 bits per heavy atom. The number of para-hydroxylation sites is 1. The first kappa shape index (κ1) is 25.0. The summed E-state index contributed by atoms with van der Waals surface area (Å²) >= 11 is 1.35. The van der Waals surface area contributed by atoms with Crippen molar-refractivity contribution in [2.24, 2.45) is 10.7 Å². The Labute approximate surface area is 198 Å². The van der Waals surface area contributed by atoms with E-state index in [1.54, 1.807) is 42.5 Å². The summed E-state index contributed by atoms with van der Waals surface area (Å²) in [6, 6.07) is 13.8. The van der Waals surface area contributed by atoms with Gasteiger partial charge in [0.1, 0.15) is 5.84 Å². The highest BCUT2D eigenvalue weighted by Crippen LogP contribution is 2.44. The molecule has 9 N–H and O–H groups in total. The minimum Gasteiger partial charge on any atom is -0.394 e. The van der Waals surface area contributed by atoms with Crippen molar-refractivity contribution in [3.05, 3.63) is 54.1 Å². The Bertz CT molecular complexity index is 1080. The van der Waals surface area contributed by atoms with Crippen LogP contribution >= 0.6 is 11.8 Å². The summed E-state index contributed by atoms with van der Waals surface area (Å²) in [4.78, 5) is 6.51. The maximum Gasteiger partial charge on any atom is 0.295 e. The fraction of sp³-hybridized carbons (Fsp3) is 0.381. The van der Waals surface area contributed by atoms with Gasteiger partial charge in [-0.25, -0.2) is 4.99 Å². The average Bonchev–Trinajstić information content (AvgIpc) is 2.94. The van der Waals surface area contributed by atoms with Crippen LogP contribution in [-0.2, 0) is 4.74 Å². The van der Waals surface area contributed by atoms with E-state index >= 15 is 0 Å². The van der Waals surface area contributed by atoms with Crippen LogP contribution in [0.3, 0.4) is 0 Å². The second-order valence-corrected chi connectivity index (χ2v) is 8.87. The number of aliphatic hydroxyl groups excluding tert-OH is 2. The predicted octanol–water partition coefficient (Wildman–Crippen LogP) is -1.94. The molecule has 0 saturated carbocycles. The molecule has 2 aliphatic rings. The van der Waals surface area contributed by atoms with E-state index in [1.165, 1.54) is 11.8 Å². The lowest BCUT2D eigenvalue weighted by Crippen LogP contribution is -2.89. The van der Waals surface area contributed by atoms with Gasteiger partial charge in [-0.2, -0.15) is 4.90 Å². The van der Waals surface area contributed by atoms with E-state index in [0.717, 1.165) is 4.90 Å². The monoisotopic (exact) mass is 494 g/mol. The van der Waals surface area contributed by atoms with Crippen molar-refractivity contribution >= 4 is 23.3 Å². The molecule has 2 aromatic rings. The van der Waals surface area contributed by atoms with Gasteiger partial charge in [-0.05, 0) is 18.2 Å². The van der Waals surface area contributed by atoms with Crippen molar-refractivity contribution in [2.45, 2.75) is 33.7 Å². The summed E-state index contributed by atoms with van der Waals surface area (Å²) in [5.41, 5.74) is 6.75. The Morgan fingerprint density at radius 3 is 2.32 bits per heavy atom. The smallest absolute Gasteiger partial charge is 0.295 e. The number of hydrogen-bond acceptors (Lipinski definition) is 13.